The van der Waals surface area contributed by atoms with Gasteiger partial charge in [0.05, 0.1) is 0 Å². The minimum Gasteiger partial charge on any atom is -0.465 e. The molecule has 1 saturated heterocycles. The molecular formula is C10H20N2O2. The van der Waals surface area contributed by atoms with Gasteiger partial charge < -0.3 is 10.0 Å². The van der Waals surface area contributed by atoms with Gasteiger partial charge >= 0.3 is 6.09 Å². The van der Waals surface area contributed by atoms with Gasteiger partial charge in [0.2, 0.25) is 0 Å². The maximum Gasteiger partial charge on any atom is 0.407 e. The van der Waals surface area contributed by atoms with E-state index in [1.165, 1.54) is 4.90 Å². The Labute approximate surface area is 85.5 Å². The number of carbonyl (C=O) groups is 1. The lowest BCUT2D eigenvalue weighted by Crippen LogP contribution is -2.43. The van der Waals surface area contributed by atoms with Gasteiger partial charge in [0.25, 0.3) is 0 Å². The van der Waals surface area contributed by atoms with Crippen molar-refractivity contribution >= 4 is 6.09 Å². The molecule has 0 spiro atoms. The van der Waals surface area contributed by atoms with E-state index >= 15 is 0 Å². The molecule has 1 rings (SSSR count). The topological polar surface area (TPSA) is 43.8 Å². The summed E-state index contributed by atoms with van der Waals surface area (Å²) in [6, 6.07) is 0. The zero-order valence-corrected chi connectivity index (χ0v) is 9.29. The summed E-state index contributed by atoms with van der Waals surface area (Å²) < 4.78 is 0. The van der Waals surface area contributed by atoms with E-state index in [9.17, 15) is 4.79 Å². The molecule has 0 bridgehead atoms. The van der Waals surface area contributed by atoms with Gasteiger partial charge in [-0.15, -0.1) is 0 Å². The molecule has 1 heterocycles. The Kier molecular flexibility index (Phi) is 3.37. The predicted octanol–water partition coefficient (Wildman–Crippen LogP) is 1.47. The van der Waals surface area contributed by atoms with E-state index in [4.69, 9.17) is 5.11 Å². The van der Waals surface area contributed by atoms with Crippen LogP contribution in [0.15, 0.2) is 0 Å². The van der Waals surface area contributed by atoms with Crippen LogP contribution in [-0.2, 0) is 0 Å². The number of hydrogen-bond donors (Lipinski definition) is 1. The third kappa shape index (κ3) is 2.87. The fourth-order valence-corrected chi connectivity index (χ4v) is 1.78. The Morgan fingerprint density at radius 1 is 1.14 bits per heavy atom. The largest absolute Gasteiger partial charge is 0.465 e. The summed E-state index contributed by atoms with van der Waals surface area (Å²) in [5.74, 6) is 0. The second kappa shape index (κ2) is 4.17. The maximum atomic E-state index is 10.8. The van der Waals surface area contributed by atoms with Crippen molar-refractivity contribution in [3.63, 3.8) is 0 Å². The molecule has 0 atom stereocenters. The fraction of sp³-hybridized carbons (Fsp3) is 0.900. The normalized spacial score (nSPS) is 20.6. The highest BCUT2D eigenvalue weighted by atomic mass is 16.4. The molecule has 0 radical (unpaired) electrons. The Morgan fingerprint density at radius 3 is 2.29 bits per heavy atom. The summed E-state index contributed by atoms with van der Waals surface area (Å²) >= 11 is 0. The maximum absolute atomic E-state index is 10.8. The summed E-state index contributed by atoms with van der Waals surface area (Å²) in [6.07, 6.45) is 0.143. The van der Waals surface area contributed by atoms with Gasteiger partial charge in [0, 0.05) is 31.7 Å². The van der Waals surface area contributed by atoms with Crippen LogP contribution in [-0.4, -0.2) is 52.7 Å². The summed E-state index contributed by atoms with van der Waals surface area (Å²) in [5.41, 5.74) is 0.147. The van der Waals surface area contributed by atoms with Crippen molar-refractivity contribution in [2.45, 2.75) is 32.7 Å². The van der Waals surface area contributed by atoms with Crippen LogP contribution < -0.4 is 0 Å². The van der Waals surface area contributed by atoms with E-state index in [1.807, 2.05) is 0 Å². The number of carboxylic acid groups (broad SMARTS) is 1. The molecule has 4 heteroatoms. The minimum absolute atomic E-state index is 0.147. The summed E-state index contributed by atoms with van der Waals surface area (Å²) in [7, 11) is 0. The first-order valence-electron chi connectivity index (χ1n) is 5.14. The van der Waals surface area contributed by atoms with Crippen LogP contribution in [0.4, 0.5) is 4.79 Å². The molecule has 1 aliphatic heterocycles. The smallest absolute Gasteiger partial charge is 0.407 e. The lowest BCUT2D eigenvalue weighted by Gasteiger charge is -2.34. The Balaban J connectivity index is 2.53. The second-order valence-electron chi connectivity index (χ2n) is 4.78. The third-order valence-corrected chi connectivity index (χ3v) is 2.72. The number of rotatable bonds is 0. The highest BCUT2D eigenvalue weighted by molar-refractivity contribution is 5.64. The van der Waals surface area contributed by atoms with Crippen LogP contribution in [0, 0.1) is 0 Å². The van der Waals surface area contributed by atoms with Gasteiger partial charge in [0.15, 0.2) is 0 Å². The van der Waals surface area contributed by atoms with E-state index in [-0.39, 0.29) is 5.54 Å². The molecular weight excluding hydrogens is 180 g/mol. The van der Waals surface area contributed by atoms with E-state index in [1.54, 1.807) is 0 Å². The molecule has 0 saturated carbocycles. The first-order chi connectivity index (χ1) is 6.41. The monoisotopic (exact) mass is 200 g/mol. The summed E-state index contributed by atoms with van der Waals surface area (Å²) in [5, 5.41) is 8.86. The summed E-state index contributed by atoms with van der Waals surface area (Å²) in [4.78, 5) is 14.6. The van der Waals surface area contributed by atoms with Gasteiger partial charge in [0.1, 0.15) is 0 Å². The van der Waals surface area contributed by atoms with Gasteiger partial charge in [-0.05, 0) is 27.2 Å². The molecule has 1 amide bonds. The van der Waals surface area contributed by atoms with Gasteiger partial charge in [-0.25, -0.2) is 4.79 Å². The van der Waals surface area contributed by atoms with E-state index < -0.39 is 6.09 Å². The van der Waals surface area contributed by atoms with Gasteiger partial charge in [-0.3, -0.25) is 4.90 Å². The van der Waals surface area contributed by atoms with Crippen molar-refractivity contribution in [2.75, 3.05) is 26.2 Å². The van der Waals surface area contributed by atoms with Gasteiger partial charge in [-0.1, -0.05) is 0 Å². The average molecular weight is 200 g/mol. The van der Waals surface area contributed by atoms with E-state index in [0.29, 0.717) is 13.1 Å². The molecule has 0 aliphatic carbocycles. The van der Waals surface area contributed by atoms with Crippen LogP contribution in [0.5, 0.6) is 0 Å². The number of hydrogen-bond acceptors (Lipinski definition) is 2. The number of amides is 1. The fourth-order valence-electron chi connectivity index (χ4n) is 1.78. The zero-order valence-electron chi connectivity index (χ0n) is 9.29. The lowest BCUT2D eigenvalue weighted by molar-refractivity contribution is 0.129. The van der Waals surface area contributed by atoms with Crippen molar-refractivity contribution in [1.29, 1.82) is 0 Å². The van der Waals surface area contributed by atoms with Crippen molar-refractivity contribution in [3.05, 3.63) is 0 Å². The lowest BCUT2D eigenvalue weighted by atomic mass is 10.1. The zero-order chi connectivity index (χ0) is 10.8. The minimum atomic E-state index is -0.791. The van der Waals surface area contributed by atoms with Crippen molar-refractivity contribution in [2.24, 2.45) is 0 Å². The third-order valence-electron chi connectivity index (χ3n) is 2.72. The van der Waals surface area contributed by atoms with Crippen LogP contribution in [0.3, 0.4) is 0 Å². The standard InChI is InChI=1S/C10H20N2O2/c1-10(2,3)12-6-4-5-11(7-8-12)9(13)14/h4-8H2,1-3H3,(H,13,14). The first-order valence-corrected chi connectivity index (χ1v) is 5.14. The molecule has 0 aromatic carbocycles. The summed E-state index contributed by atoms with van der Waals surface area (Å²) in [6.45, 7) is 9.65. The van der Waals surface area contributed by atoms with Gasteiger partial charge in [-0.2, -0.15) is 0 Å². The Morgan fingerprint density at radius 2 is 1.79 bits per heavy atom. The van der Waals surface area contributed by atoms with Crippen LogP contribution in [0.25, 0.3) is 0 Å². The van der Waals surface area contributed by atoms with Crippen LogP contribution >= 0.6 is 0 Å². The van der Waals surface area contributed by atoms with Crippen molar-refractivity contribution in [1.82, 2.24) is 9.80 Å². The molecule has 82 valence electrons. The van der Waals surface area contributed by atoms with E-state index in [0.717, 1.165) is 19.5 Å². The van der Waals surface area contributed by atoms with Crippen LogP contribution in [0.2, 0.25) is 0 Å². The highest BCUT2D eigenvalue weighted by Crippen LogP contribution is 2.15. The molecule has 1 fully saturated rings. The molecule has 1 N–H and O–H groups in total. The molecule has 1 aliphatic rings. The predicted molar refractivity (Wildman–Crippen MR) is 55.5 cm³/mol. The Bertz CT molecular complexity index is 211. The van der Waals surface area contributed by atoms with Crippen molar-refractivity contribution in [3.8, 4) is 0 Å². The van der Waals surface area contributed by atoms with Crippen molar-refractivity contribution < 1.29 is 9.90 Å². The average Bonchev–Trinajstić information content (AvgIpc) is 2.26. The Hall–Kier alpha value is -0.770. The quantitative estimate of drug-likeness (QED) is 0.644. The molecule has 0 aromatic rings. The highest BCUT2D eigenvalue weighted by Gasteiger charge is 2.25. The SMILES string of the molecule is CC(C)(C)N1CCCN(C(=O)O)CC1. The molecule has 14 heavy (non-hydrogen) atoms. The molecule has 0 unspecified atom stereocenters. The van der Waals surface area contributed by atoms with Crippen LogP contribution in [0.1, 0.15) is 27.2 Å². The first kappa shape index (κ1) is 11.3. The molecule has 4 nitrogen and oxygen atoms in total. The number of nitrogens with zero attached hydrogens (tertiary/aromatic N) is 2. The second-order valence-corrected chi connectivity index (χ2v) is 4.78. The van der Waals surface area contributed by atoms with E-state index in [2.05, 4.69) is 25.7 Å². The molecule has 0 aromatic heterocycles.